The molecule has 35 heavy (non-hydrogen) atoms. The number of pyridine rings is 1. The average Bonchev–Trinajstić information content (AvgIpc) is 2.85. The molecule has 0 spiro atoms. The third-order valence-electron chi connectivity index (χ3n) is 6.18. The zero-order valence-corrected chi connectivity index (χ0v) is 19.2. The summed E-state index contributed by atoms with van der Waals surface area (Å²) in [4.78, 5) is 9.18. The van der Waals surface area contributed by atoms with Crippen LogP contribution in [0.25, 0.3) is 22.0 Å². The molecule has 1 N–H and O–H groups in total. The predicted octanol–water partition coefficient (Wildman–Crippen LogP) is 6.30. The number of anilines is 3. The molecule has 2 heterocycles. The van der Waals surface area contributed by atoms with Crippen LogP contribution in [0.1, 0.15) is 0 Å². The number of aromatic nitrogens is 1. The lowest BCUT2D eigenvalue weighted by Gasteiger charge is -2.34. The van der Waals surface area contributed by atoms with E-state index in [2.05, 4.69) is 56.2 Å². The zero-order valence-electron chi connectivity index (χ0n) is 19.2. The fourth-order valence-electron chi connectivity index (χ4n) is 4.26. The van der Waals surface area contributed by atoms with Crippen molar-refractivity contribution in [2.45, 2.75) is 6.36 Å². The highest BCUT2D eigenvalue weighted by molar-refractivity contribution is 5.95. The van der Waals surface area contributed by atoms with Gasteiger partial charge in [-0.3, -0.25) is 4.98 Å². The number of nitrogens with one attached hydrogen (secondary N) is 1. The molecule has 8 heteroatoms. The zero-order chi connectivity index (χ0) is 24.4. The molecule has 1 fully saturated rings. The highest BCUT2D eigenvalue weighted by atomic mass is 19.4. The quantitative estimate of drug-likeness (QED) is 0.365. The first-order chi connectivity index (χ1) is 16.8. The Morgan fingerprint density at radius 3 is 2.20 bits per heavy atom. The number of piperazine rings is 1. The van der Waals surface area contributed by atoms with Crippen molar-refractivity contribution in [3.8, 4) is 16.9 Å². The van der Waals surface area contributed by atoms with Crippen LogP contribution in [0.4, 0.5) is 30.2 Å². The van der Waals surface area contributed by atoms with E-state index < -0.39 is 6.36 Å². The molecule has 0 amide bonds. The highest BCUT2D eigenvalue weighted by Crippen LogP contribution is 2.32. The lowest BCUT2D eigenvalue weighted by molar-refractivity contribution is -0.274. The molecule has 0 saturated carbocycles. The molecule has 0 aliphatic carbocycles. The normalized spacial score (nSPS) is 14.8. The van der Waals surface area contributed by atoms with Gasteiger partial charge in [0.2, 0.25) is 0 Å². The van der Waals surface area contributed by atoms with Crippen molar-refractivity contribution in [3.63, 3.8) is 0 Å². The summed E-state index contributed by atoms with van der Waals surface area (Å²) < 4.78 is 41.3. The first kappa shape index (κ1) is 23.0. The summed E-state index contributed by atoms with van der Waals surface area (Å²) in [6, 6.07) is 22.0. The van der Waals surface area contributed by atoms with Crippen LogP contribution in [0.15, 0.2) is 79.0 Å². The second kappa shape index (κ2) is 9.46. The molecular weight excluding hydrogens is 453 g/mol. The van der Waals surface area contributed by atoms with Gasteiger partial charge in [0.15, 0.2) is 0 Å². The first-order valence-corrected chi connectivity index (χ1v) is 11.4. The van der Waals surface area contributed by atoms with Crippen LogP contribution in [-0.2, 0) is 0 Å². The summed E-state index contributed by atoms with van der Waals surface area (Å²) in [5, 5.41) is 4.41. The van der Waals surface area contributed by atoms with Crippen molar-refractivity contribution in [2.24, 2.45) is 0 Å². The minimum Gasteiger partial charge on any atom is -0.406 e. The van der Waals surface area contributed by atoms with Crippen LogP contribution in [0.3, 0.4) is 0 Å². The van der Waals surface area contributed by atoms with Crippen molar-refractivity contribution in [1.29, 1.82) is 0 Å². The van der Waals surface area contributed by atoms with Crippen molar-refractivity contribution in [3.05, 3.63) is 79.0 Å². The molecule has 1 aliphatic rings. The molecule has 1 aliphatic heterocycles. The number of likely N-dealkylation sites (N-methyl/N-ethyl adjacent to an activating group) is 1. The topological polar surface area (TPSA) is 40.6 Å². The molecule has 1 aromatic heterocycles. The number of rotatable bonds is 5. The van der Waals surface area contributed by atoms with Gasteiger partial charge in [0.05, 0.1) is 5.52 Å². The van der Waals surface area contributed by atoms with Gasteiger partial charge in [-0.25, -0.2) is 0 Å². The predicted molar refractivity (Wildman–Crippen MR) is 133 cm³/mol. The largest absolute Gasteiger partial charge is 0.573 e. The Labute approximate surface area is 201 Å². The molecule has 3 aromatic carbocycles. The standard InChI is InChI=1S/C27H25F3N4O/c1-33-14-16-34(17-15-33)22-7-5-21(6-8-22)32-26-12-13-31-25-11-4-20(18-24(25)26)19-2-9-23(10-3-19)35-27(28,29)30/h2-13,18H,14-17H2,1H3,(H,31,32). The van der Waals surface area contributed by atoms with E-state index in [0.29, 0.717) is 0 Å². The van der Waals surface area contributed by atoms with Crippen molar-refractivity contribution in [2.75, 3.05) is 43.4 Å². The van der Waals surface area contributed by atoms with Gasteiger partial charge in [-0.05, 0) is 72.8 Å². The number of halogens is 3. The second-order valence-electron chi connectivity index (χ2n) is 8.62. The Bertz CT molecular complexity index is 1300. The first-order valence-electron chi connectivity index (χ1n) is 11.4. The monoisotopic (exact) mass is 478 g/mol. The summed E-state index contributed by atoms with van der Waals surface area (Å²) in [5.41, 5.74) is 5.56. The van der Waals surface area contributed by atoms with E-state index in [0.717, 1.165) is 59.6 Å². The van der Waals surface area contributed by atoms with E-state index >= 15 is 0 Å². The number of nitrogens with zero attached hydrogens (tertiary/aromatic N) is 3. The molecule has 0 bridgehead atoms. The Hall–Kier alpha value is -3.78. The molecule has 4 aromatic rings. The average molecular weight is 479 g/mol. The van der Waals surface area contributed by atoms with E-state index in [-0.39, 0.29) is 5.75 Å². The van der Waals surface area contributed by atoms with Crippen LogP contribution in [0, 0.1) is 0 Å². The molecule has 5 rings (SSSR count). The summed E-state index contributed by atoms with van der Waals surface area (Å²) in [6.45, 7) is 4.15. The van der Waals surface area contributed by atoms with Gasteiger partial charge in [0.25, 0.3) is 0 Å². The van der Waals surface area contributed by atoms with Crippen LogP contribution in [0.5, 0.6) is 5.75 Å². The number of alkyl halides is 3. The second-order valence-corrected chi connectivity index (χ2v) is 8.62. The number of benzene rings is 3. The lowest BCUT2D eigenvalue weighted by atomic mass is 10.0. The van der Waals surface area contributed by atoms with E-state index in [1.807, 2.05) is 24.3 Å². The maximum atomic E-state index is 12.5. The van der Waals surface area contributed by atoms with Gasteiger partial charge >= 0.3 is 6.36 Å². The van der Waals surface area contributed by atoms with Crippen molar-refractivity contribution >= 4 is 28.0 Å². The van der Waals surface area contributed by atoms with Gasteiger partial charge in [0, 0.05) is 54.8 Å². The van der Waals surface area contributed by atoms with Gasteiger partial charge in [-0.1, -0.05) is 18.2 Å². The van der Waals surface area contributed by atoms with Gasteiger partial charge in [-0.15, -0.1) is 13.2 Å². The van der Waals surface area contributed by atoms with Gasteiger partial charge in [-0.2, -0.15) is 0 Å². The fourth-order valence-corrected chi connectivity index (χ4v) is 4.26. The molecule has 180 valence electrons. The molecule has 0 atom stereocenters. The Morgan fingerprint density at radius 2 is 1.51 bits per heavy atom. The van der Waals surface area contributed by atoms with Crippen LogP contribution < -0.4 is 15.0 Å². The Balaban J connectivity index is 1.37. The maximum Gasteiger partial charge on any atom is 0.573 e. The third kappa shape index (κ3) is 5.49. The number of hydrogen-bond acceptors (Lipinski definition) is 5. The number of fused-ring (bicyclic) bond motifs is 1. The smallest absolute Gasteiger partial charge is 0.406 e. The van der Waals surface area contributed by atoms with E-state index in [1.54, 1.807) is 18.3 Å². The Morgan fingerprint density at radius 1 is 0.829 bits per heavy atom. The van der Waals surface area contributed by atoms with Crippen molar-refractivity contribution < 1.29 is 17.9 Å². The van der Waals surface area contributed by atoms with E-state index in [9.17, 15) is 13.2 Å². The van der Waals surface area contributed by atoms with Crippen LogP contribution >= 0.6 is 0 Å². The Kier molecular flexibility index (Phi) is 6.21. The summed E-state index contributed by atoms with van der Waals surface area (Å²) >= 11 is 0. The maximum absolute atomic E-state index is 12.5. The molecule has 5 nitrogen and oxygen atoms in total. The third-order valence-corrected chi connectivity index (χ3v) is 6.18. The van der Waals surface area contributed by atoms with E-state index in [4.69, 9.17) is 0 Å². The molecule has 1 saturated heterocycles. The lowest BCUT2D eigenvalue weighted by Crippen LogP contribution is -2.44. The number of ether oxygens (including phenoxy) is 1. The van der Waals surface area contributed by atoms with Gasteiger partial charge < -0.3 is 19.9 Å². The summed E-state index contributed by atoms with van der Waals surface area (Å²) in [7, 11) is 2.15. The summed E-state index contributed by atoms with van der Waals surface area (Å²) in [5.74, 6) is -0.244. The van der Waals surface area contributed by atoms with Crippen molar-refractivity contribution in [1.82, 2.24) is 9.88 Å². The minimum absolute atomic E-state index is 0.244. The van der Waals surface area contributed by atoms with Crippen LogP contribution in [0.2, 0.25) is 0 Å². The fraction of sp³-hybridized carbons (Fsp3) is 0.222. The molecule has 0 radical (unpaired) electrons. The molecule has 0 unspecified atom stereocenters. The minimum atomic E-state index is -4.71. The van der Waals surface area contributed by atoms with E-state index in [1.165, 1.54) is 17.8 Å². The van der Waals surface area contributed by atoms with Gasteiger partial charge in [0.1, 0.15) is 5.75 Å². The summed E-state index contributed by atoms with van der Waals surface area (Å²) in [6.07, 6.45) is -2.95. The highest BCUT2D eigenvalue weighted by Gasteiger charge is 2.31. The SMILES string of the molecule is CN1CCN(c2ccc(Nc3ccnc4ccc(-c5ccc(OC(F)(F)F)cc5)cc34)cc2)CC1. The number of hydrogen-bond donors (Lipinski definition) is 1. The molecular formula is C27H25F3N4O. The van der Waals surface area contributed by atoms with Crippen LogP contribution in [-0.4, -0.2) is 49.5 Å².